The molecule has 0 radical (unpaired) electrons. The number of nitro benzene ring substituents is 1. The van der Waals surface area contributed by atoms with E-state index in [0.717, 1.165) is 0 Å². The SMILES string of the molecule is COC(=O)CN1CCN(c2ccc(C(=O)c3ccccc3)cc2[N+](=O)[O-])CC1. The van der Waals surface area contributed by atoms with Crippen molar-refractivity contribution >= 4 is 23.1 Å². The summed E-state index contributed by atoms with van der Waals surface area (Å²) in [5.74, 6) is -0.554. The van der Waals surface area contributed by atoms with Crippen LogP contribution in [0.4, 0.5) is 11.4 Å². The molecular weight excluding hydrogens is 362 g/mol. The quantitative estimate of drug-likeness (QED) is 0.326. The van der Waals surface area contributed by atoms with E-state index in [1.54, 1.807) is 36.4 Å². The van der Waals surface area contributed by atoms with Crippen molar-refractivity contribution in [2.45, 2.75) is 0 Å². The lowest BCUT2D eigenvalue weighted by Crippen LogP contribution is -2.48. The average molecular weight is 383 g/mol. The number of esters is 1. The summed E-state index contributed by atoms with van der Waals surface area (Å²) in [5.41, 5.74) is 1.16. The molecule has 1 aliphatic rings. The molecule has 0 saturated carbocycles. The van der Waals surface area contributed by atoms with E-state index in [9.17, 15) is 19.7 Å². The van der Waals surface area contributed by atoms with Crippen LogP contribution in [0.3, 0.4) is 0 Å². The van der Waals surface area contributed by atoms with Crippen LogP contribution < -0.4 is 4.90 Å². The Balaban J connectivity index is 1.78. The fourth-order valence-electron chi connectivity index (χ4n) is 3.23. The minimum absolute atomic E-state index is 0.0943. The second-order valence-electron chi connectivity index (χ2n) is 6.50. The highest BCUT2D eigenvalue weighted by Crippen LogP contribution is 2.31. The molecule has 0 bridgehead atoms. The molecule has 1 heterocycles. The van der Waals surface area contributed by atoms with Crippen molar-refractivity contribution in [3.05, 3.63) is 69.8 Å². The molecule has 146 valence electrons. The lowest BCUT2D eigenvalue weighted by Gasteiger charge is -2.35. The molecule has 8 nitrogen and oxygen atoms in total. The Kier molecular flexibility index (Phi) is 6.00. The zero-order chi connectivity index (χ0) is 20.1. The first-order chi connectivity index (χ1) is 13.5. The van der Waals surface area contributed by atoms with E-state index in [4.69, 9.17) is 0 Å². The predicted molar refractivity (Wildman–Crippen MR) is 104 cm³/mol. The minimum atomic E-state index is -0.460. The predicted octanol–water partition coefficient (Wildman–Crippen LogP) is 2.12. The number of carbonyl (C=O) groups is 2. The summed E-state index contributed by atoms with van der Waals surface area (Å²) in [5, 5.41) is 11.6. The zero-order valence-corrected chi connectivity index (χ0v) is 15.5. The van der Waals surface area contributed by atoms with Crippen molar-refractivity contribution in [1.29, 1.82) is 0 Å². The minimum Gasteiger partial charge on any atom is -0.468 e. The van der Waals surface area contributed by atoms with E-state index in [2.05, 4.69) is 4.74 Å². The first kappa shape index (κ1) is 19.5. The summed E-state index contributed by atoms with van der Waals surface area (Å²) in [4.78, 5) is 39.0. The maximum atomic E-state index is 12.6. The number of carbonyl (C=O) groups excluding carboxylic acids is 2. The topological polar surface area (TPSA) is 93.0 Å². The molecule has 0 atom stereocenters. The molecule has 1 fully saturated rings. The summed E-state index contributed by atoms with van der Waals surface area (Å²) in [6, 6.07) is 13.3. The summed E-state index contributed by atoms with van der Waals surface area (Å²) in [6.45, 7) is 2.48. The number of benzene rings is 2. The molecule has 0 amide bonds. The van der Waals surface area contributed by atoms with E-state index in [1.807, 2.05) is 15.9 Å². The number of rotatable bonds is 6. The summed E-state index contributed by atoms with van der Waals surface area (Å²) < 4.78 is 4.67. The molecule has 1 aliphatic heterocycles. The van der Waals surface area contributed by atoms with Crippen LogP contribution in [0.5, 0.6) is 0 Å². The van der Waals surface area contributed by atoms with Crippen LogP contribution in [0.25, 0.3) is 0 Å². The van der Waals surface area contributed by atoms with Gasteiger partial charge in [-0.3, -0.25) is 24.6 Å². The van der Waals surface area contributed by atoms with Crippen molar-refractivity contribution < 1.29 is 19.2 Å². The second kappa shape index (κ2) is 8.62. The van der Waals surface area contributed by atoms with E-state index in [-0.39, 0.29) is 29.5 Å². The van der Waals surface area contributed by atoms with Gasteiger partial charge in [0.05, 0.1) is 18.6 Å². The first-order valence-electron chi connectivity index (χ1n) is 8.92. The van der Waals surface area contributed by atoms with E-state index in [0.29, 0.717) is 37.4 Å². The monoisotopic (exact) mass is 383 g/mol. The van der Waals surface area contributed by atoms with Crippen LogP contribution in [-0.4, -0.2) is 61.4 Å². The van der Waals surface area contributed by atoms with Crippen LogP contribution in [0.15, 0.2) is 48.5 Å². The van der Waals surface area contributed by atoms with Gasteiger partial charge in [0.15, 0.2) is 5.78 Å². The third-order valence-corrected chi connectivity index (χ3v) is 4.76. The molecule has 1 saturated heterocycles. The van der Waals surface area contributed by atoms with Gasteiger partial charge in [0.25, 0.3) is 5.69 Å². The van der Waals surface area contributed by atoms with Crippen LogP contribution in [0.2, 0.25) is 0 Å². The van der Waals surface area contributed by atoms with Crippen molar-refractivity contribution in [1.82, 2.24) is 4.90 Å². The average Bonchev–Trinajstić information content (AvgIpc) is 2.74. The maximum absolute atomic E-state index is 12.6. The highest BCUT2D eigenvalue weighted by molar-refractivity contribution is 6.09. The standard InChI is InChI=1S/C20H21N3O5/c1-28-19(24)14-21-9-11-22(12-10-21)17-8-7-16(13-18(17)23(26)27)20(25)15-5-3-2-4-6-15/h2-8,13H,9-12,14H2,1H3. The van der Waals surface area contributed by atoms with Gasteiger partial charge in [0, 0.05) is 43.4 Å². The van der Waals surface area contributed by atoms with Gasteiger partial charge in [-0.05, 0) is 12.1 Å². The van der Waals surface area contributed by atoms with E-state index < -0.39 is 4.92 Å². The van der Waals surface area contributed by atoms with Crippen molar-refractivity contribution in [2.75, 3.05) is 44.7 Å². The summed E-state index contributed by atoms with van der Waals surface area (Å²) in [6.07, 6.45) is 0. The molecule has 28 heavy (non-hydrogen) atoms. The number of ether oxygens (including phenoxy) is 1. The number of anilines is 1. The lowest BCUT2D eigenvalue weighted by atomic mass is 10.0. The fourth-order valence-corrected chi connectivity index (χ4v) is 3.23. The van der Waals surface area contributed by atoms with Crippen LogP contribution in [0, 0.1) is 10.1 Å². The number of piperazine rings is 1. The number of nitro groups is 1. The van der Waals surface area contributed by atoms with Crippen molar-refractivity contribution in [3.63, 3.8) is 0 Å². The van der Waals surface area contributed by atoms with Crippen LogP contribution >= 0.6 is 0 Å². The molecule has 8 heteroatoms. The number of hydrogen-bond acceptors (Lipinski definition) is 7. The van der Waals surface area contributed by atoms with Gasteiger partial charge in [-0.25, -0.2) is 0 Å². The number of nitrogens with zero attached hydrogens (tertiary/aromatic N) is 3. The van der Waals surface area contributed by atoms with E-state index in [1.165, 1.54) is 13.2 Å². The number of methoxy groups -OCH3 is 1. The van der Waals surface area contributed by atoms with Gasteiger partial charge >= 0.3 is 5.97 Å². The molecule has 0 aromatic heterocycles. The van der Waals surface area contributed by atoms with Gasteiger partial charge in [0.1, 0.15) is 5.69 Å². The highest BCUT2D eigenvalue weighted by atomic mass is 16.6. The third kappa shape index (κ3) is 4.34. The maximum Gasteiger partial charge on any atom is 0.319 e. The highest BCUT2D eigenvalue weighted by Gasteiger charge is 2.26. The van der Waals surface area contributed by atoms with Gasteiger partial charge < -0.3 is 9.64 Å². The smallest absolute Gasteiger partial charge is 0.319 e. The molecule has 3 rings (SSSR count). The molecular formula is C20H21N3O5. The largest absolute Gasteiger partial charge is 0.468 e. The Hall–Kier alpha value is -3.26. The van der Waals surface area contributed by atoms with Crippen LogP contribution in [0.1, 0.15) is 15.9 Å². The molecule has 2 aromatic carbocycles. The van der Waals surface area contributed by atoms with E-state index >= 15 is 0 Å². The zero-order valence-electron chi connectivity index (χ0n) is 15.5. The molecule has 0 N–H and O–H groups in total. The molecule has 0 unspecified atom stereocenters. The van der Waals surface area contributed by atoms with Gasteiger partial charge in [0.2, 0.25) is 0 Å². The first-order valence-corrected chi connectivity index (χ1v) is 8.92. The second-order valence-corrected chi connectivity index (χ2v) is 6.50. The van der Waals surface area contributed by atoms with Gasteiger partial charge in [-0.15, -0.1) is 0 Å². The fraction of sp³-hybridized carbons (Fsp3) is 0.300. The molecule has 0 spiro atoms. The van der Waals surface area contributed by atoms with Crippen molar-refractivity contribution in [2.24, 2.45) is 0 Å². The normalized spacial score (nSPS) is 14.5. The Morgan fingerprint density at radius 1 is 1.04 bits per heavy atom. The van der Waals surface area contributed by atoms with Crippen LogP contribution in [-0.2, 0) is 9.53 Å². The van der Waals surface area contributed by atoms with Gasteiger partial charge in [-0.1, -0.05) is 30.3 Å². The van der Waals surface area contributed by atoms with Gasteiger partial charge in [-0.2, -0.15) is 0 Å². The molecule has 0 aliphatic carbocycles. The lowest BCUT2D eigenvalue weighted by molar-refractivity contribution is -0.384. The number of ketones is 1. The Labute approximate surface area is 162 Å². The summed E-state index contributed by atoms with van der Waals surface area (Å²) in [7, 11) is 1.35. The Bertz CT molecular complexity index is 877. The Morgan fingerprint density at radius 3 is 2.32 bits per heavy atom. The Morgan fingerprint density at radius 2 is 1.71 bits per heavy atom. The third-order valence-electron chi connectivity index (χ3n) is 4.76. The molecule has 2 aromatic rings. The number of hydrogen-bond donors (Lipinski definition) is 0. The summed E-state index contributed by atoms with van der Waals surface area (Å²) >= 11 is 0. The van der Waals surface area contributed by atoms with Crippen molar-refractivity contribution in [3.8, 4) is 0 Å².